The summed E-state index contributed by atoms with van der Waals surface area (Å²) < 4.78 is 0. The third-order valence-corrected chi connectivity index (χ3v) is 5.08. The molecule has 1 aromatic carbocycles. The fourth-order valence-electron chi connectivity index (χ4n) is 4.10. The number of aromatic amines is 1. The summed E-state index contributed by atoms with van der Waals surface area (Å²) in [7, 11) is 0. The van der Waals surface area contributed by atoms with E-state index in [9.17, 15) is 0 Å². The van der Waals surface area contributed by atoms with Crippen LogP contribution in [-0.4, -0.2) is 4.98 Å². The van der Waals surface area contributed by atoms with Gasteiger partial charge in [-0.25, -0.2) is 0 Å². The molecule has 1 aliphatic rings. The van der Waals surface area contributed by atoms with Gasteiger partial charge in [0, 0.05) is 16.6 Å². The lowest BCUT2D eigenvalue weighted by atomic mass is 9.66. The number of halogens is 2. The number of hydrogen-bond donors (Lipinski definition) is 1. The summed E-state index contributed by atoms with van der Waals surface area (Å²) in [6.07, 6.45) is 5.92. The van der Waals surface area contributed by atoms with Gasteiger partial charge < -0.3 is 4.98 Å². The highest BCUT2D eigenvalue weighted by Gasteiger charge is 2.33. The molecule has 20 heavy (non-hydrogen) atoms. The van der Waals surface area contributed by atoms with Crippen molar-refractivity contribution in [3.05, 3.63) is 33.9 Å². The second-order valence-corrected chi connectivity index (χ2v) is 8.01. The van der Waals surface area contributed by atoms with Gasteiger partial charge in [-0.2, -0.15) is 0 Å². The first-order chi connectivity index (χ1) is 9.35. The number of benzene rings is 1. The van der Waals surface area contributed by atoms with Crippen LogP contribution in [0.5, 0.6) is 0 Å². The second-order valence-electron chi connectivity index (χ2n) is 7.16. The Kier molecular flexibility index (Phi) is 3.54. The van der Waals surface area contributed by atoms with Crippen molar-refractivity contribution in [2.45, 2.75) is 46.0 Å². The minimum atomic E-state index is 0.411. The van der Waals surface area contributed by atoms with Gasteiger partial charge in [0.15, 0.2) is 0 Å². The summed E-state index contributed by atoms with van der Waals surface area (Å²) in [6, 6.07) is 3.85. The molecule has 0 spiro atoms. The van der Waals surface area contributed by atoms with E-state index in [1.165, 1.54) is 30.2 Å². The van der Waals surface area contributed by atoms with E-state index in [-0.39, 0.29) is 0 Å². The number of aromatic nitrogens is 1. The molecule has 0 amide bonds. The van der Waals surface area contributed by atoms with E-state index in [2.05, 4.69) is 32.0 Å². The molecule has 1 saturated carbocycles. The molecule has 1 aromatic heterocycles. The van der Waals surface area contributed by atoms with Crippen molar-refractivity contribution in [1.29, 1.82) is 0 Å². The Bertz CT molecular complexity index is 642. The van der Waals surface area contributed by atoms with E-state index >= 15 is 0 Å². The highest BCUT2D eigenvalue weighted by atomic mass is 35.5. The molecule has 0 bridgehead atoms. The Labute approximate surface area is 130 Å². The fourth-order valence-corrected chi connectivity index (χ4v) is 4.64. The van der Waals surface area contributed by atoms with Crippen LogP contribution < -0.4 is 0 Å². The zero-order chi connectivity index (χ0) is 14.5. The summed E-state index contributed by atoms with van der Waals surface area (Å²) in [4.78, 5) is 3.33. The SMILES string of the molecule is CC1CC(c2c[nH]c3c(Cl)cc(Cl)cc23)CC(C)(C)C1. The highest BCUT2D eigenvalue weighted by molar-refractivity contribution is 6.38. The first kappa shape index (κ1) is 14.3. The number of hydrogen-bond acceptors (Lipinski definition) is 0. The molecule has 2 unspecified atom stereocenters. The molecule has 0 saturated heterocycles. The molecule has 0 aliphatic heterocycles. The maximum absolute atomic E-state index is 6.28. The molecule has 1 nitrogen and oxygen atoms in total. The van der Waals surface area contributed by atoms with Crippen molar-refractivity contribution >= 4 is 34.1 Å². The van der Waals surface area contributed by atoms with Gasteiger partial charge in [0.2, 0.25) is 0 Å². The topological polar surface area (TPSA) is 15.8 Å². The van der Waals surface area contributed by atoms with E-state index in [4.69, 9.17) is 23.2 Å². The van der Waals surface area contributed by atoms with Gasteiger partial charge >= 0.3 is 0 Å². The second kappa shape index (κ2) is 4.96. The normalized spacial score (nSPS) is 26.1. The van der Waals surface area contributed by atoms with Gasteiger partial charge in [0.1, 0.15) is 0 Å². The molecule has 1 heterocycles. The first-order valence-corrected chi connectivity index (χ1v) is 8.07. The van der Waals surface area contributed by atoms with Crippen molar-refractivity contribution in [3.63, 3.8) is 0 Å². The third kappa shape index (κ3) is 2.58. The predicted octanol–water partition coefficient (Wildman–Crippen LogP) is 6.40. The lowest BCUT2D eigenvalue weighted by Gasteiger charge is -2.39. The Hall–Kier alpha value is -0.660. The van der Waals surface area contributed by atoms with Gasteiger partial charge in [-0.05, 0) is 54.2 Å². The van der Waals surface area contributed by atoms with Gasteiger partial charge in [0.05, 0.1) is 10.5 Å². The van der Waals surface area contributed by atoms with Crippen LogP contribution in [0, 0.1) is 11.3 Å². The van der Waals surface area contributed by atoms with Crippen molar-refractivity contribution in [2.75, 3.05) is 0 Å². The molecule has 1 fully saturated rings. The summed E-state index contributed by atoms with van der Waals surface area (Å²) in [5, 5.41) is 2.62. The van der Waals surface area contributed by atoms with Crippen LogP contribution in [0.1, 0.15) is 51.5 Å². The Morgan fingerprint density at radius 3 is 2.65 bits per heavy atom. The summed E-state index contributed by atoms with van der Waals surface area (Å²) in [5.41, 5.74) is 2.81. The van der Waals surface area contributed by atoms with E-state index in [0.29, 0.717) is 21.4 Å². The maximum Gasteiger partial charge on any atom is 0.0661 e. The van der Waals surface area contributed by atoms with Gasteiger partial charge in [0.25, 0.3) is 0 Å². The molecule has 0 radical (unpaired) electrons. The molecule has 1 N–H and O–H groups in total. The molecule has 3 rings (SSSR count). The minimum Gasteiger partial charge on any atom is -0.360 e. The predicted molar refractivity (Wildman–Crippen MR) is 87.9 cm³/mol. The van der Waals surface area contributed by atoms with E-state index in [1.54, 1.807) is 6.07 Å². The molecule has 2 atom stereocenters. The Morgan fingerprint density at radius 2 is 1.95 bits per heavy atom. The Morgan fingerprint density at radius 1 is 1.20 bits per heavy atom. The van der Waals surface area contributed by atoms with Gasteiger partial charge in [-0.1, -0.05) is 44.0 Å². The van der Waals surface area contributed by atoms with Gasteiger partial charge in [-0.3, -0.25) is 0 Å². The zero-order valence-electron chi connectivity index (χ0n) is 12.3. The van der Waals surface area contributed by atoms with Crippen molar-refractivity contribution in [1.82, 2.24) is 4.98 Å². The van der Waals surface area contributed by atoms with Crippen molar-refractivity contribution < 1.29 is 0 Å². The van der Waals surface area contributed by atoms with Crippen LogP contribution >= 0.6 is 23.2 Å². The standard InChI is InChI=1S/C17H21Cl2N/c1-10-4-11(8-17(2,3)7-10)14-9-20-16-13(14)5-12(18)6-15(16)19/h5-6,9-11,20H,4,7-8H2,1-3H3. The smallest absolute Gasteiger partial charge is 0.0661 e. The average Bonchev–Trinajstić information content (AvgIpc) is 2.69. The van der Waals surface area contributed by atoms with E-state index in [1.807, 2.05) is 6.07 Å². The number of rotatable bonds is 1. The van der Waals surface area contributed by atoms with E-state index in [0.717, 1.165) is 11.4 Å². The molecule has 1 aliphatic carbocycles. The summed E-state index contributed by atoms with van der Waals surface area (Å²) in [6.45, 7) is 7.12. The monoisotopic (exact) mass is 309 g/mol. The molecule has 3 heteroatoms. The van der Waals surface area contributed by atoms with E-state index < -0.39 is 0 Å². The number of nitrogens with one attached hydrogen (secondary N) is 1. The van der Waals surface area contributed by atoms with Crippen LogP contribution in [0.3, 0.4) is 0 Å². The summed E-state index contributed by atoms with van der Waals surface area (Å²) >= 11 is 12.5. The largest absolute Gasteiger partial charge is 0.360 e. The van der Waals surface area contributed by atoms with Crippen LogP contribution in [-0.2, 0) is 0 Å². The van der Waals surface area contributed by atoms with Crippen molar-refractivity contribution in [2.24, 2.45) is 11.3 Å². The maximum atomic E-state index is 6.28. The van der Waals surface area contributed by atoms with Crippen molar-refractivity contribution in [3.8, 4) is 0 Å². The first-order valence-electron chi connectivity index (χ1n) is 7.32. The fraction of sp³-hybridized carbons (Fsp3) is 0.529. The Balaban J connectivity index is 2.06. The number of fused-ring (bicyclic) bond motifs is 1. The quantitative estimate of drug-likeness (QED) is 0.627. The molecule has 108 valence electrons. The van der Waals surface area contributed by atoms with Crippen LogP contribution in [0.15, 0.2) is 18.3 Å². The number of H-pyrrole nitrogens is 1. The van der Waals surface area contributed by atoms with Crippen LogP contribution in [0.4, 0.5) is 0 Å². The van der Waals surface area contributed by atoms with Crippen LogP contribution in [0.2, 0.25) is 10.0 Å². The highest BCUT2D eigenvalue weighted by Crippen LogP contribution is 2.47. The minimum absolute atomic E-state index is 0.411. The lowest BCUT2D eigenvalue weighted by molar-refractivity contribution is 0.169. The van der Waals surface area contributed by atoms with Crippen LogP contribution in [0.25, 0.3) is 10.9 Å². The lowest BCUT2D eigenvalue weighted by Crippen LogP contribution is -2.26. The molecular weight excluding hydrogens is 289 g/mol. The third-order valence-electron chi connectivity index (χ3n) is 4.56. The molecule has 2 aromatic rings. The average molecular weight is 310 g/mol. The molecular formula is C17H21Cl2N. The summed E-state index contributed by atoms with van der Waals surface area (Å²) in [5.74, 6) is 1.36. The zero-order valence-corrected chi connectivity index (χ0v) is 13.8. The van der Waals surface area contributed by atoms with Gasteiger partial charge in [-0.15, -0.1) is 0 Å².